The molecule has 3 heterocycles. The number of ether oxygens (including phenoxy) is 1. The van der Waals surface area contributed by atoms with Crippen LogP contribution in [0.4, 0.5) is 0 Å². The Morgan fingerprint density at radius 3 is 3.00 bits per heavy atom. The second-order valence-electron chi connectivity index (χ2n) is 7.06. The van der Waals surface area contributed by atoms with Gasteiger partial charge in [0.25, 0.3) is 5.91 Å². The van der Waals surface area contributed by atoms with E-state index in [9.17, 15) is 4.79 Å². The number of hydrogen-bond acceptors (Lipinski definition) is 4. The zero-order valence-electron chi connectivity index (χ0n) is 14.9. The van der Waals surface area contributed by atoms with Crippen molar-refractivity contribution in [1.82, 2.24) is 20.4 Å². The topological polar surface area (TPSA) is 70.2 Å². The lowest BCUT2D eigenvalue weighted by molar-refractivity contribution is 0.0606. The first-order chi connectivity index (χ1) is 13.1. The molecule has 1 fully saturated rings. The third-order valence-electron chi connectivity index (χ3n) is 5.46. The number of aromatic nitrogens is 2. The fourth-order valence-electron chi connectivity index (χ4n) is 4.05. The summed E-state index contributed by atoms with van der Waals surface area (Å²) in [5.41, 5.74) is 4.43. The van der Waals surface area contributed by atoms with Gasteiger partial charge in [0.15, 0.2) is 5.75 Å². The normalized spacial score (nSPS) is 19.4. The fraction of sp³-hybridized carbons (Fsp3) is 0.300. The van der Waals surface area contributed by atoms with Gasteiger partial charge in [-0.1, -0.05) is 23.7 Å². The van der Waals surface area contributed by atoms with Crippen LogP contribution in [0.1, 0.15) is 15.9 Å². The number of nitrogens with one attached hydrogen (secondary N) is 2. The van der Waals surface area contributed by atoms with Gasteiger partial charge >= 0.3 is 0 Å². The number of fused-ring (bicyclic) bond motifs is 3. The SMILES string of the molecule is Cc1ccc2[nH]ncc2c1-c1ccc2c(c1Cl)OC[C@@H]1CNCCN1C2=O. The Kier molecular flexibility index (Phi) is 3.84. The summed E-state index contributed by atoms with van der Waals surface area (Å²) >= 11 is 6.79. The summed E-state index contributed by atoms with van der Waals surface area (Å²) in [7, 11) is 0. The van der Waals surface area contributed by atoms with Gasteiger partial charge in [-0.15, -0.1) is 0 Å². The number of rotatable bonds is 1. The molecule has 1 aromatic heterocycles. The van der Waals surface area contributed by atoms with Gasteiger partial charge in [0.1, 0.15) is 6.61 Å². The van der Waals surface area contributed by atoms with Crippen molar-refractivity contribution < 1.29 is 9.53 Å². The van der Waals surface area contributed by atoms with Crippen molar-refractivity contribution >= 4 is 28.4 Å². The summed E-state index contributed by atoms with van der Waals surface area (Å²) in [5.74, 6) is 0.467. The molecule has 5 rings (SSSR count). The highest BCUT2D eigenvalue weighted by Crippen LogP contribution is 2.43. The fourth-order valence-corrected chi connectivity index (χ4v) is 4.37. The Bertz CT molecular complexity index is 1060. The van der Waals surface area contributed by atoms with Crippen molar-refractivity contribution in [2.24, 2.45) is 0 Å². The summed E-state index contributed by atoms with van der Waals surface area (Å²) in [6.45, 7) is 4.69. The Balaban J connectivity index is 1.68. The smallest absolute Gasteiger partial charge is 0.258 e. The van der Waals surface area contributed by atoms with Crippen molar-refractivity contribution in [3.05, 3.63) is 46.6 Å². The molecular weight excluding hydrogens is 364 g/mol. The van der Waals surface area contributed by atoms with Crippen molar-refractivity contribution in [1.29, 1.82) is 0 Å². The van der Waals surface area contributed by atoms with E-state index in [0.29, 0.717) is 29.5 Å². The first-order valence-electron chi connectivity index (χ1n) is 9.05. The Labute approximate surface area is 161 Å². The average molecular weight is 383 g/mol. The molecule has 7 heteroatoms. The molecule has 2 N–H and O–H groups in total. The third-order valence-corrected chi connectivity index (χ3v) is 5.84. The molecular formula is C20H19ClN4O2. The highest BCUT2D eigenvalue weighted by Gasteiger charge is 2.34. The Morgan fingerprint density at radius 2 is 2.11 bits per heavy atom. The first-order valence-corrected chi connectivity index (χ1v) is 9.43. The van der Waals surface area contributed by atoms with E-state index in [2.05, 4.69) is 15.5 Å². The van der Waals surface area contributed by atoms with Gasteiger partial charge < -0.3 is 15.0 Å². The molecule has 0 bridgehead atoms. The van der Waals surface area contributed by atoms with Gasteiger partial charge in [-0.05, 0) is 30.2 Å². The van der Waals surface area contributed by atoms with E-state index < -0.39 is 0 Å². The van der Waals surface area contributed by atoms with Crippen LogP contribution in [0.25, 0.3) is 22.0 Å². The monoisotopic (exact) mass is 382 g/mol. The predicted molar refractivity (Wildman–Crippen MR) is 104 cm³/mol. The number of amides is 1. The summed E-state index contributed by atoms with van der Waals surface area (Å²) in [6, 6.07) is 7.82. The lowest BCUT2D eigenvalue weighted by Crippen LogP contribution is -2.54. The highest BCUT2D eigenvalue weighted by molar-refractivity contribution is 6.36. The number of nitrogens with zero attached hydrogens (tertiary/aromatic N) is 2. The van der Waals surface area contributed by atoms with Crippen LogP contribution >= 0.6 is 11.6 Å². The van der Waals surface area contributed by atoms with Crippen molar-refractivity contribution in [2.45, 2.75) is 13.0 Å². The zero-order valence-corrected chi connectivity index (χ0v) is 15.6. The lowest BCUT2D eigenvalue weighted by atomic mass is 9.95. The quantitative estimate of drug-likeness (QED) is 0.678. The molecule has 27 heavy (non-hydrogen) atoms. The molecule has 138 valence electrons. The number of hydrogen-bond donors (Lipinski definition) is 2. The van der Waals surface area contributed by atoms with E-state index in [1.165, 1.54) is 0 Å². The highest BCUT2D eigenvalue weighted by atomic mass is 35.5. The summed E-state index contributed by atoms with van der Waals surface area (Å²) in [5, 5.41) is 11.9. The van der Waals surface area contributed by atoms with Crippen LogP contribution in [0.5, 0.6) is 5.75 Å². The largest absolute Gasteiger partial charge is 0.489 e. The summed E-state index contributed by atoms with van der Waals surface area (Å²) in [6.07, 6.45) is 1.80. The summed E-state index contributed by atoms with van der Waals surface area (Å²) < 4.78 is 6.06. The van der Waals surface area contributed by atoms with E-state index in [4.69, 9.17) is 16.3 Å². The molecule has 1 amide bonds. The molecule has 1 saturated heterocycles. The van der Waals surface area contributed by atoms with Crippen molar-refractivity contribution in [2.75, 3.05) is 26.2 Å². The van der Waals surface area contributed by atoms with Gasteiger partial charge in [-0.25, -0.2) is 0 Å². The van der Waals surface area contributed by atoms with Crippen LogP contribution in [-0.4, -0.2) is 53.3 Å². The molecule has 0 unspecified atom stereocenters. The van der Waals surface area contributed by atoms with Crippen LogP contribution < -0.4 is 10.1 Å². The van der Waals surface area contributed by atoms with E-state index in [-0.39, 0.29) is 11.9 Å². The van der Waals surface area contributed by atoms with Gasteiger partial charge in [0, 0.05) is 30.6 Å². The second-order valence-corrected chi connectivity index (χ2v) is 7.44. The molecule has 0 saturated carbocycles. The third kappa shape index (κ3) is 2.51. The molecule has 0 aliphatic carbocycles. The molecule has 6 nitrogen and oxygen atoms in total. The minimum absolute atomic E-state index is 0.0132. The Hall–Kier alpha value is -2.57. The molecule has 0 spiro atoms. The molecule has 2 aromatic carbocycles. The van der Waals surface area contributed by atoms with Crippen LogP contribution in [0, 0.1) is 6.92 Å². The molecule has 2 aliphatic rings. The van der Waals surface area contributed by atoms with Crippen LogP contribution in [0.15, 0.2) is 30.5 Å². The number of carbonyl (C=O) groups excluding carboxylic acids is 1. The molecule has 0 radical (unpaired) electrons. The second kappa shape index (κ2) is 6.25. The number of carbonyl (C=O) groups is 1. The lowest BCUT2D eigenvalue weighted by Gasteiger charge is -2.33. The predicted octanol–water partition coefficient (Wildman–Crippen LogP) is 3.00. The number of halogens is 1. The maximum atomic E-state index is 13.1. The van der Waals surface area contributed by atoms with Crippen molar-refractivity contribution in [3.8, 4) is 16.9 Å². The van der Waals surface area contributed by atoms with E-state index in [1.807, 2.05) is 36.1 Å². The van der Waals surface area contributed by atoms with Crippen LogP contribution in [0.3, 0.4) is 0 Å². The maximum Gasteiger partial charge on any atom is 0.258 e. The number of H-pyrrole nitrogens is 1. The number of aryl methyl sites for hydroxylation is 1. The van der Waals surface area contributed by atoms with Crippen LogP contribution in [0.2, 0.25) is 5.02 Å². The minimum atomic E-state index is -0.0132. The summed E-state index contributed by atoms with van der Waals surface area (Å²) in [4.78, 5) is 14.9. The van der Waals surface area contributed by atoms with Gasteiger partial charge in [-0.2, -0.15) is 5.10 Å². The zero-order chi connectivity index (χ0) is 18.5. The van der Waals surface area contributed by atoms with Gasteiger partial charge in [0.05, 0.1) is 28.3 Å². The van der Waals surface area contributed by atoms with Gasteiger partial charge in [0.2, 0.25) is 0 Å². The van der Waals surface area contributed by atoms with E-state index in [0.717, 1.165) is 40.7 Å². The first kappa shape index (κ1) is 16.6. The molecule has 2 aliphatic heterocycles. The number of aromatic amines is 1. The molecule has 1 atom stereocenters. The minimum Gasteiger partial charge on any atom is -0.489 e. The van der Waals surface area contributed by atoms with Gasteiger partial charge in [-0.3, -0.25) is 9.89 Å². The number of piperazine rings is 1. The standard InChI is InChI=1S/C20H19ClN4O2/c1-11-2-5-16-15(9-23-24-16)17(11)13-3-4-14-19(18(13)21)27-10-12-8-22-6-7-25(12)20(14)26/h2-5,9,12,22H,6-8,10H2,1H3,(H,23,24)/t12-/m0/s1. The molecule has 3 aromatic rings. The maximum absolute atomic E-state index is 13.1. The number of benzene rings is 2. The van der Waals surface area contributed by atoms with Crippen molar-refractivity contribution in [3.63, 3.8) is 0 Å². The Morgan fingerprint density at radius 1 is 1.26 bits per heavy atom. The average Bonchev–Trinajstić information content (AvgIpc) is 3.10. The van der Waals surface area contributed by atoms with Crippen LogP contribution in [-0.2, 0) is 0 Å². The van der Waals surface area contributed by atoms with E-state index >= 15 is 0 Å². The van der Waals surface area contributed by atoms with E-state index in [1.54, 1.807) is 6.20 Å².